The van der Waals surface area contributed by atoms with Gasteiger partial charge in [-0.2, -0.15) is 0 Å². The molecule has 1 aromatic carbocycles. The molecule has 2 atom stereocenters. The Morgan fingerprint density at radius 2 is 2.15 bits per heavy atom. The van der Waals surface area contributed by atoms with Crippen LogP contribution in [0.15, 0.2) is 30.3 Å². The zero-order chi connectivity index (χ0) is 14.4. The van der Waals surface area contributed by atoms with Crippen LogP contribution in [-0.4, -0.2) is 17.3 Å². The van der Waals surface area contributed by atoms with Gasteiger partial charge in [0.15, 0.2) is 0 Å². The monoisotopic (exact) mass is 293 g/mol. The number of halogens is 1. The van der Waals surface area contributed by atoms with Crippen LogP contribution in [0.2, 0.25) is 0 Å². The van der Waals surface area contributed by atoms with Crippen molar-refractivity contribution in [1.29, 1.82) is 0 Å². The first-order valence-electron chi connectivity index (χ1n) is 7.54. The number of hydrogen-bond acceptors (Lipinski definition) is 1. The molecule has 0 aliphatic heterocycles. The van der Waals surface area contributed by atoms with E-state index in [-0.39, 0.29) is 11.4 Å². The van der Waals surface area contributed by atoms with Crippen molar-refractivity contribution < 1.29 is 4.79 Å². The van der Waals surface area contributed by atoms with Gasteiger partial charge in [0, 0.05) is 12.3 Å². The van der Waals surface area contributed by atoms with E-state index < -0.39 is 0 Å². The number of benzene rings is 1. The summed E-state index contributed by atoms with van der Waals surface area (Å²) >= 11 is 6.15. The van der Waals surface area contributed by atoms with Crippen LogP contribution in [0.5, 0.6) is 0 Å². The van der Waals surface area contributed by atoms with E-state index in [0.717, 1.165) is 25.7 Å². The summed E-state index contributed by atoms with van der Waals surface area (Å²) in [6.07, 6.45) is 5.76. The normalized spacial score (nSPS) is 26.2. The van der Waals surface area contributed by atoms with E-state index in [1.807, 2.05) is 18.2 Å². The molecule has 0 heterocycles. The largest absolute Gasteiger partial charge is 0.349 e. The highest BCUT2D eigenvalue weighted by Crippen LogP contribution is 2.33. The molecule has 0 aromatic heterocycles. The quantitative estimate of drug-likeness (QED) is 0.819. The zero-order valence-corrected chi connectivity index (χ0v) is 13.0. The summed E-state index contributed by atoms with van der Waals surface area (Å²) in [6, 6.07) is 10.1. The Labute approximate surface area is 126 Å². The summed E-state index contributed by atoms with van der Waals surface area (Å²) in [5, 5.41) is 3.21. The predicted molar refractivity (Wildman–Crippen MR) is 84.0 cm³/mol. The Morgan fingerprint density at radius 3 is 2.80 bits per heavy atom. The van der Waals surface area contributed by atoms with Gasteiger partial charge in [0.25, 0.3) is 0 Å². The van der Waals surface area contributed by atoms with Crippen molar-refractivity contribution in [2.24, 2.45) is 5.92 Å². The van der Waals surface area contributed by atoms with Crippen LogP contribution < -0.4 is 5.32 Å². The minimum Gasteiger partial charge on any atom is -0.349 e. The Balaban J connectivity index is 1.86. The van der Waals surface area contributed by atoms with Gasteiger partial charge in [-0.05, 0) is 30.7 Å². The molecule has 0 bridgehead atoms. The van der Waals surface area contributed by atoms with Gasteiger partial charge in [-0.3, -0.25) is 4.79 Å². The van der Waals surface area contributed by atoms with Crippen LogP contribution in [0, 0.1) is 5.92 Å². The Bertz CT molecular complexity index is 434. The first-order chi connectivity index (χ1) is 9.63. The SMILES string of the molecule is CC1CCCC(CCl)(NC(=O)CCc2ccccc2)C1. The zero-order valence-electron chi connectivity index (χ0n) is 12.2. The maximum Gasteiger partial charge on any atom is 0.220 e. The molecule has 0 saturated heterocycles. The average Bonchev–Trinajstić information content (AvgIpc) is 2.46. The van der Waals surface area contributed by atoms with Crippen molar-refractivity contribution in [2.45, 2.75) is 51.0 Å². The maximum atomic E-state index is 12.2. The second-order valence-electron chi connectivity index (χ2n) is 6.15. The molecular weight excluding hydrogens is 270 g/mol. The number of rotatable bonds is 5. The number of carbonyl (C=O) groups is 1. The van der Waals surface area contributed by atoms with Gasteiger partial charge in [-0.25, -0.2) is 0 Å². The van der Waals surface area contributed by atoms with Crippen LogP contribution in [-0.2, 0) is 11.2 Å². The maximum absolute atomic E-state index is 12.2. The summed E-state index contributed by atoms with van der Waals surface area (Å²) in [7, 11) is 0. The summed E-state index contributed by atoms with van der Waals surface area (Å²) < 4.78 is 0. The second kappa shape index (κ2) is 7.12. The molecule has 1 amide bonds. The van der Waals surface area contributed by atoms with Gasteiger partial charge in [-0.1, -0.05) is 50.1 Å². The number of aryl methyl sites for hydroxylation is 1. The summed E-state index contributed by atoms with van der Waals surface area (Å²) in [4.78, 5) is 12.2. The topological polar surface area (TPSA) is 29.1 Å². The van der Waals surface area contributed by atoms with E-state index in [0.29, 0.717) is 18.2 Å². The number of carbonyl (C=O) groups excluding carboxylic acids is 1. The molecule has 20 heavy (non-hydrogen) atoms. The minimum absolute atomic E-state index is 0.128. The van der Waals surface area contributed by atoms with Crippen molar-refractivity contribution in [1.82, 2.24) is 5.32 Å². The summed E-state index contributed by atoms with van der Waals surface area (Å²) in [5.74, 6) is 1.30. The molecule has 1 aliphatic carbocycles. The van der Waals surface area contributed by atoms with Crippen LogP contribution >= 0.6 is 11.6 Å². The highest BCUT2D eigenvalue weighted by molar-refractivity contribution is 6.18. The van der Waals surface area contributed by atoms with E-state index in [1.165, 1.54) is 12.0 Å². The fraction of sp³-hybridized carbons (Fsp3) is 0.588. The van der Waals surface area contributed by atoms with Crippen LogP contribution in [0.4, 0.5) is 0 Å². The Kier molecular flexibility index (Phi) is 5.47. The Hall–Kier alpha value is -1.02. The predicted octanol–water partition coefficient (Wildman–Crippen LogP) is 3.92. The van der Waals surface area contributed by atoms with E-state index in [2.05, 4.69) is 24.4 Å². The molecule has 0 spiro atoms. The number of nitrogens with one attached hydrogen (secondary N) is 1. The van der Waals surface area contributed by atoms with E-state index in [9.17, 15) is 4.79 Å². The second-order valence-corrected chi connectivity index (χ2v) is 6.42. The van der Waals surface area contributed by atoms with Gasteiger partial charge >= 0.3 is 0 Å². The molecule has 2 rings (SSSR count). The first-order valence-corrected chi connectivity index (χ1v) is 8.08. The molecule has 110 valence electrons. The molecule has 2 nitrogen and oxygen atoms in total. The van der Waals surface area contributed by atoms with Crippen molar-refractivity contribution >= 4 is 17.5 Å². The number of amides is 1. The van der Waals surface area contributed by atoms with Crippen molar-refractivity contribution in [3.63, 3.8) is 0 Å². The molecule has 0 radical (unpaired) electrons. The van der Waals surface area contributed by atoms with Gasteiger partial charge in [0.2, 0.25) is 5.91 Å². The molecule has 1 N–H and O–H groups in total. The first kappa shape index (κ1) is 15.4. The molecule has 1 saturated carbocycles. The number of hydrogen-bond donors (Lipinski definition) is 1. The van der Waals surface area contributed by atoms with Crippen molar-refractivity contribution in [3.8, 4) is 0 Å². The van der Waals surface area contributed by atoms with Crippen LogP contribution in [0.3, 0.4) is 0 Å². The molecule has 2 unspecified atom stereocenters. The summed E-state index contributed by atoms with van der Waals surface area (Å²) in [6.45, 7) is 2.25. The third-order valence-corrected chi connectivity index (χ3v) is 4.75. The number of alkyl halides is 1. The van der Waals surface area contributed by atoms with Crippen molar-refractivity contribution in [2.75, 3.05) is 5.88 Å². The van der Waals surface area contributed by atoms with Crippen molar-refractivity contribution in [3.05, 3.63) is 35.9 Å². The minimum atomic E-state index is -0.174. The van der Waals surface area contributed by atoms with Gasteiger partial charge in [0.05, 0.1) is 5.54 Å². The van der Waals surface area contributed by atoms with Crippen LogP contribution in [0.25, 0.3) is 0 Å². The van der Waals surface area contributed by atoms with Gasteiger partial charge in [0.1, 0.15) is 0 Å². The lowest BCUT2D eigenvalue weighted by Crippen LogP contribution is -2.52. The third kappa shape index (κ3) is 4.24. The van der Waals surface area contributed by atoms with E-state index in [1.54, 1.807) is 0 Å². The Morgan fingerprint density at radius 1 is 1.40 bits per heavy atom. The molecular formula is C17H24ClNO. The van der Waals surface area contributed by atoms with Gasteiger partial charge < -0.3 is 5.32 Å². The fourth-order valence-electron chi connectivity index (χ4n) is 3.19. The van der Waals surface area contributed by atoms with E-state index >= 15 is 0 Å². The smallest absolute Gasteiger partial charge is 0.220 e. The molecule has 3 heteroatoms. The highest BCUT2D eigenvalue weighted by atomic mass is 35.5. The van der Waals surface area contributed by atoms with E-state index in [4.69, 9.17) is 11.6 Å². The van der Waals surface area contributed by atoms with Crippen LogP contribution in [0.1, 0.15) is 44.6 Å². The highest BCUT2D eigenvalue weighted by Gasteiger charge is 2.35. The lowest BCUT2D eigenvalue weighted by Gasteiger charge is -2.39. The lowest BCUT2D eigenvalue weighted by molar-refractivity contribution is -0.123. The molecule has 1 aromatic rings. The van der Waals surface area contributed by atoms with Gasteiger partial charge in [-0.15, -0.1) is 11.6 Å². The third-order valence-electron chi connectivity index (χ3n) is 4.24. The molecule has 1 fully saturated rings. The fourth-order valence-corrected chi connectivity index (χ4v) is 3.50. The summed E-state index contributed by atoms with van der Waals surface area (Å²) in [5.41, 5.74) is 1.03. The lowest BCUT2D eigenvalue weighted by atomic mass is 9.77. The standard InChI is InChI=1S/C17H24ClNO/c1-14-6-5-11-17(12-14,13-18)19-16(20)10-9-15-7-3-2-4-8-15/h2-4,7-8,14H,5-6,9-13H2,1H3,(H,19,20). The molecule has 1 aliphatic rings. The average molecular weight is 294 g/mol.